The lowest BCUT2D eigenvalue weighted by atomic mass is 9.90. The topological polar surface area (TPSA) is 33.4 Å². The zero-order valence-corrected chi connectivity index (χ0v) is 15.4. The van der Waals surface area contributed by atoms with Crippen LogP contribution >= 0.6 is 0 Å². The summed E-state index contributed by atoms with van der Waals surface area (Å²) in [7, 11) is 0. The Hall–Kier alpha value is -2.62. The van der Waals surface area contributed by atoms with E-state index < -0.39 is 0 Å². The van der Waals surface area contributed by atoms with Crippen molar-refractivity contribution in [2.24, 2.45) is 5.10 Å². The second kappa shape index (κ2) is 7.32. The van der Waals surface area contributed by atoms with Crippen LogP contribution in [0.25, 0.3) is 5.69 Å². The predicted molar refractivity (Wildman–Crippen MR) is 106 cm³/mol. The lowest BCUT2D eigenvalue weighted by Gasteiger charge is -2.36. The van der Waals surface area contributed by atoms with Crippen LogP contribution in [0.5, 0.6) is 0 Å². The summed E-state index contributed by atoms with van der Waals surface area (Å²) in [5.74, 6) is 0. The first-order valence-electron chi connectivity index (χ1n) is 9.65. The maximum Gasteiger partial charge on any atom is 0.116 e. The number of rotatable bonds is 6. The van der Waals surface area contributed by atoms with E-state index in [0.717, 1.165) is 29.1 Å². The molecule has 26 heavy (non-hydrogen) atoms. The molecule has 0 bridgehead atoms. The van der Waals surface area contributed by atoms with Gasteiger partial charge in [0.05, 0.1) is 23.6 Å². The summed E-state index contributed by atoms with van der Waals surface area (Å²) in [6.07, 6.45) is 11.2. The smallest absolute Gasteiger partial charge is 0.116 e. The van der Waals surface area contributed by atoms with Crippen molar-refractivity contribution < 1.29 is 0 Å². The number of benzene rings is 1. The molecule has 0 amide bonds. The van der Waals surface area contributed by atoms with Crippen LogP contribution < -0.4 is 0 Å². The minimum Gasteiger partial charge on any atom is -0.269 e. The molecule has 0 atom stereocenters. The lowest BCUT2D eigenvalue weighted by molar-refractivity contribution is 0.187. The fourth-order valence-corrected chi connectivity index (χ4v) is 3.48. The molecule has 1 aliphatic heterocycles. The molecule has 1 fully saturated rings. The van der Waals surface area contributed by atoms with Crippen LogP contribution in [0.15, 0.2) is 71.6 Å². The quantitative estimate of drug-likeness (QED) is 0.731. The first-order chi connectivity index (χ1) is 12.8. The molecule has 0 spiro atoms. The van der Waals surface area contributed by atoms with Crippen molar-refractivity contribution in [3.63, 3.8) is 0 Å². The Morgan fingerprint density at radius 3 is 2.65 bits per heavy atom. The fourth-order valence-electron chi connectivity index (χ4n) is 3.48. The first-order valence-corrected chi connectivity index (χ1v) is 9.65. The molecular weight excluding hydrogens is 320 g/mol. The maximum atomic E-state index is 4.98. The van der Waals surface area contributed by atoms with Gasteiger partial charge in [-0.2, -0.15) is 10.2 Å². The van der Waals surface area contributed by atoms with Crippen LogP contribution in [0.3, 0.4) is 0 Å². The van der Waals surface area contributed by atoms with Crippen LogP contribution in [-0.2, 0) is 0 Å². The summed E-state index contributed by atoms with van der Waals surface area (Å²) in [6.45, 7) is 6.62. The summed E-state index contributed by atoms with van der Waals surface area (Å²) < 4.78 is 1.96. The van der Waals surface area contributed by atoms with Gasteiger partial charge in [0.1, 0.15) is 5.71 Å². The molecule has 1 saturated carbocycles. The Balaban J connectivity index is 1.72. The molecule has 4 rings (SSSR count). The molecule has 0 N–H and O–H groups in total. The first kappa shape index (κ1) is 16.8. The highest BCUT2D eigenvalue weighted by atomic mass is 15.5. The SMILES string of the molecule is C=C1C(CCCC)=CN(C2CCC2)N=C1c1ccnn1-c1ccccc1. The zero-order valence-electron chi connectivity index (χ0n) is 15.4. The Morgan fingerprint density at radius 2 is 1.96 bits per heavy atom. The molecule has 4 heteroatoms. The number of hydrogen-bond donors (Lipinski definition) is 0. The Bertz CT molecular complexity index is 840. The van der Waals surface area contributed by atoms with E-state index in [1.807, 2.05) is 35.1 Å². The average Bonchev–Trinajstić information content (AvgIpc) is 3.10. The zero-order chi connectivity index (χ0) is 17.9. The molecule has 4 nitrogen and oxygen atoms in total. The summed E-state index contributed by atoms with van der Waals surface area (Å²) in [6, 6.07) is 12.8. The third kappa shape index (κ3) is 3.12. The maximum absolute atomic E-state index is 4.98. The molecule has 2 aliphatic rings. The molecule has 1 aromatic carbocycles. The number of aromatic nitrogens is 2. The summed E-state index contributed by atoms with van der Waals surface area (Å²) >= 11 is 0. The third-order valence-electron chi connectivity index (χ3n) is 5.31. The van der Waals surface area contributed by atoms with Gasteiger partial charge in [0, 0.05) is 11.8 Å². The van der Waals surface area contributed by atoms with Gasteiger partial charge in [0.25, 0.3) is 0 Å². The van der Waals surface area contributed by atoms with Crippen molar-refractivity contribution in [1.82, 2.24) is 14.8 Å². The standard InChI is InChI=1S/C22H26N4/c1-3-4-9-18-16-25(19-12-8-13-19)24-22(17(18)2)21-14-15-23-26(21)20-10-6-5-7-11-20/h5-7,10-11,14-16,19H,2-4,8-9,12-13H2,1H3. The van der Waals surface area contributed by atoms with E-state index in [-0.39, 0.29) is 0 Å². The summed E-state index contributed by atoms with van der Waals surface area (Å²) in [5, 5.41) is 11.7. The van der Waals surface area contributed by atoms with Crippen molar-refractivity contribution in [3.05, 3.63) is 72.2 Å². The largest absolute Gasteiger partial charge is 0.269 e. The van der Waals surface area contributed by atoms with Crippen molar-refractivity contribution in [3.8, 4) is 5.69 Å². The van der Waals surface area contributed by atoms with Gasteiger partial charge in [-0.15, -0.1) is 0 Å². The average molecular weight is 346 g/mol. The van der Waals surface area contributed by atoms with Gasteiger partial charge in [0.2, 0.25) is 0 Å². The van der Waals surface area contributed by atoms with Crippen LogP contribution in [0.1, 0.15) is 51.1 Å². The molecule has 2 aromatic rings. The highest BCUT2D eigenvalue weighted by Crippen LogP contribution is 2.32. The van der Waals surface area contributed by atoms with Gasteiger partial charge in [0.15, 0.2) is 0 Å². The van der Waals surface area contributed by atoms with Crippen LogP contribution in [0.2, 0.25) is 0 Å². The minimum atomic E-state index is 0.530. The van der Waals surface area contributed by atoms with Crippen molar-refractivity contribution in [2.45, 2.75) is 51.5 Å². The Kier molecular flexibility index (Phi) is 4.74. The third-order valence-corrected chi connectivity index (χ3v) is 5.31. The van der Waals surface area contributed by atoms with E-state index in [1.165, 1.54) is 37.7 Å². The van der Waals surface area contributed by atoms with Gasteiger partial charge < -0.3 is 0 Å². The van der Waals surface area contributed by atoms with Crippen molar-refractivity contribution >= 4 is 5.71 Å². The van der Waals surface area contributed by atoms with Crippen LogP contribution in [0, 0.1) is 0 Å². The van der Waals surface area contributed by atoms with Crippen LogP contribution in [-0.4, -0.2) is 26.5 Å². The van der Waals surface area contributed by atoms with Gasteiger partial charge in [-0.25, -0.2) is 4.68 Å². The lowest BCUT2D eigenvalue weighted by Crippen LogP contribution is -2.36. The number of allylic oxidation sites excluding steroid dienone is 2. The molecule has 1 aliphatic carbocycles. The van der Waals surface area contributed by atoms with E-state index in [1.54, 1.807) is 0 Å². The number of hydrogen-bond acceptors (Lipinski definition) is 3. The summed E-state index contributed by atoms with van der Waals surface area (Å²) in [4.78, 5) is 0. The number of para-hydroxylation sites is 1. The van der Waals surface area contributed by atoms with Gasteiger partial charge in [-0.05, 0) is 55.9 Å². The minimum absolute atomic E-state index is 0.530. The number of nitrogens with zero attached hydrogens (tertiary/aromatic N) is 4. The fraction of sp³-hybridized carbons (Fsp3) is 0.364. The van der Waals surface area contributed by atoms with E-state index >= 15 is 0 Å². The van der Waals surface area contributed by atoms with E-state index in [0.29, 0.717) is 6.04 Å². The van der Waals surface area contributed by atoms with Gasteiger partial charge in [-0.1, -0.05) is 38.1 Å². The molecule has 0 saturated heterocycles. The highest BCUT2D eigenvalue weighted by Gasteiger charge is 2.29. The van der Waals surface area contributed by atoms with Crippen molar-refractivity contribution in [1.29, 1.82) is 0 Å². The number of hydrazone groups is 1. The van der Waals surface area contributed by atoms with Gasteiger partial charge in [-0.3, -0.25) is 5.01 Å². The molecule has 0 unspecified atom stereocenters. The molecule has 1 aromatic heterocycles. The number of unbranched alkanes of at least 4 members (excludes halogenated alkanes) is 1. The van der Waals surface area contributed by atoms with Crippen molar-refractivity contribution in [2.75, 3.05) is 0 Å². The molecular formula is C22H26N4. The van der Waals surface area contributed by atoms with Gasteiger partial charge >= 0.3 is 0 Å². The van der Waals surface area contributed by atoms with E-state index in [2.05, 4.69) is 41.9 Å². The summed E-state index contributed by atoms with van der Waals surface area (Å²) in [5.41, 5.74) is 5.35. The second-order valence-electron chi connectivity index (χ2n) is 7.11. The molecule has 134 valence electrons. The second-order valence-corrected chi connectivity index (χ2v) is 7.11. The van der Waals surface area contributed by atoms with Crippen LogP contribution in [0.4, 0.5) is 0 Å². The Labute approximate surface area is 155 Å². The normalized spacial score (nSPS) is 17.7. The Morgan fingerprint density at radius 1 is 1.15 bits per heavy atom. The van der Waals surface area contributed by atoms with E-state index in [4.69, 9.17) is 5.10 Å². The molecule has 0 radical (unpaired) electrons. The monoisotopic (exact) mass is 346 g/mol. The predicted octanol–water partition coefficient (Wildman–Crippen LogP) is 5.07. The molecule has 2 heterocycles. The highest BCUT2D eigenvalue weighted by molar-refractivity contribution is 6.14. The van der Waals surface area contributed by atoms with E-state index in [9.17, 15) is 0 Å².